The molecule has 1 aromatic heterocycles. The van der Waals surface area contributed by atoms with E-state index < -0.39 is 0 Å². The fraction of sp³-hybridized carbons (Fsp3) is 0.368. The summed E-state index contributed by atoms with van der Waals surface area (Å²) in [5.74, 6) is -0.0131. The SMILES string of the molecule is COC(=O)C1=Cc2c(c3ccccc3oc2=O)[C@H]2CCCC[C@@H]12. The van der Waals surface area contributed by atoms with Gasteiger partial charge in [-0.15, -0.1) is 0 Å². The minimum absolute atomic E-state index is 0.133. The lowest BCUT2D eigenvalue weighted by atomic mass is 9.67. The van der Waals surface area contributed by atoms with Gasteiger partial charge in [0.25, 0.3) is 0 Å². The summed E-state index contributed by atoms with van der Waals surface area (Å²) >= 11 is 0. The van der Waals surface area contributed by atoms with Gasteiger partial charge in [-0.1, -0.05) is 31.0 Å². The second-order valence-corrected chi connectivity index (χ2v) is 6.30. The Morgan fingerprint density at radius 2 is 1.91 bits per heavy atom. The molecular weight excluding hydrogens is 292 g/mol. The summed E-state index contributed by atoms with van der Waals surface area (Å²) in [5, 5.41) is 0.985. The van der Waals surface area contributed by atoms with Crippen molar-refractivity contribution in [3.8, 4) is 0 Å². The van der Waals surface area contributed by atoms with Gasteiger partial charge in [0.2, 0.25) is 0 Å². The van der Waals surface area contributed by atoms with Gasteiger partial charge in [-0.25, -0.2) is 9.59 Å². The van der Waals surface area contributed by atoms with E-state index in [-0.39, 0.29) is 23.4 Å². The van der Waals surface area contributed by atoms with Gasteiger partial charge in [0, 0.05) is 11.0 Å². The Morgan fingerprint density at radius 1 is 1.17 bits per heavy atom. The minimum Gasteiger partial charge on any atom is -0.466 e. The van der Waals surface area contributed by atoms with Crippen LogP contribution < -0.4 is 5.63 Å². The van der Waals surface area contributed by atoms with Crippen LogP contribution in [-0.2, 0) is 9.53 Å². The van der Waals surface area contributed by atoms with E-state index in [1.54, 1.807) is 6.08 Å². The van der Waals surface area contributed by atoms with Gasteiger partial charge in [0.15, 0.2) is 0 Å². The molecule has 1 saturated carbocycles. The third-order valence-electron chi connectivity index (χ3n) is 5.15. The van der Waals surface area contributed by atoms with Gasteiger partial charge >= 0.3 is 11.6 Å². The largest absolute Gasteiger partial charge is 0.466 e. The number of para-hydroxylation sites is 1. The zero-order chi connectivity index (χ0) is 16.0. The molecular formula is C19H18O4. The summed E-state index contributed by atoms with van der Waals surface area (Å²) in [6.45, 7) is 0. The van der Waals surface area contributed by atoms with Crippen molar-refractivity contribution in [1.82, 2.24) is 0 Å². The molecule has 4 rings (SSSR count). The lowest BCUT2D eigenvalue weighted by molar-refractivity contribution is -0.136. The van der Waals surface area contributed by atoms with Gasteiger partial charge < -0.3 is 9.15 Å². The predicted molar refractivity (Wildman–Crippen MR) is 87.2 cm³/mol. The summed E-state index contributed by atoms with van der Waals surface area (Å²) < 4.78 is 10.4. The molecule has 118 valence electrons. The van der Waals surface area contributed by atoms with Crippen LogP contribution in [0.3, 0.4) is 0 Å². The van der Waals surface area contributed by atoms with E-state index in [0.717, 1.165) is 36.6 Å². The minimum atomic E-state index is -0.371. The van der Waals surface area contributed by atoms with E-state index in [1.807, 2.05) is 24.3 Å². The number of ether oxygens (including phenoxy) is 1. The van der Waals surface area contributed by atoms with Crippen LogP contribution in [0, 0.1) is 5.92 Å². The molecule has 4 nitrogen and oxygen atoms in total. The number of rotatable bonds is 1. The van der Waals surface area contributed by atoms with Gasteiger partial charge in [-0.2, -0.15) is 0 Å². The summed E-state index contributed by atoms with van der Waals surface area (Å²) in [7, 11) is 1.39. The average molecular weight is 310 g/mol. The van der Waals surface area contributed by atoms with E-state index in [4.69, 9.17) is 9.15 Å². The lowest BCUT2D eigenvalue weighted by Gasteiger charge is -2.36. The summed E-state index contributed by atoms with van der Waals surface area (Å²) in [6, 6.07) is 7.66. The molecule has 2 aromatic rings. The zero-order valence-corrected chi connectivity index (χ0v) is 13.0. The van der Waals surface area contributed by atoms with Crippen molar-refractivity contribution in [2.75, 3.05) is 7.11 Å². The van der Waals surface area contributed by atoms with Gasteiger partial charge in [-0.3, -0.25) is 0 Å². The smallest absolute Gasteiger partial charge is 0.343 e. The highest BCUT2D eigenvalue weighted by atomic mass is 16.5. The van der Waals surface area contributed by atoms with Gasteiger partial charge in [0.05, 0.1) is 12.7 Å². The van der Waals surface area contributed by atoms with Crippen molar-refractivity contribution in [3.05, 3.63) is 51.4 Å². The second-order valence-electron chi connectivity index (χ2n) is 6.30. The third-order valence-corrected chi connectivity index (χ3v) is 5.15. The highest BCUT2D eigenvalue weighted by Gasteiger charge is 2.39. The van der Waals surface area contributed by atoms with Crippen LogP contribution in [0.5, 0.6) is 0 Å². The van der Waals surface area contributed by atoms with E-state index in [9.17, 15) is 9.59 Å². The number of fused-ring (bicyclic) bond motifs is 5. The molecule has 0 unspecified atom stereocenters. The molecule has 1 aromatic carbocycles. The topological polar surface area (TPSA) is 56.5 Å². The van der Waals surface area contributed by atoms with Crippen molar-refractivity contribution < 1.29 is 13.9 Å². The first kappa shape index (κ1) is 14.2. The summed E-state index contributed by atoms with van der Waals surface area (Å²) in [4.78, 5) is 24.6. The predicted octanol–water partition coefficient (Wildman–Crippen LogP) is 3.64. The molecule has 2 atom stereocenters. The maximum Gasteiger partial charge on any atom is 0.343 e. The van der Waals surface area contributed by atoms with Crippen molar-refractivity contribution >= 4 is 23.0 Å². The van der Waals surface area contributed by atoms with Crippen molar-refractivity contribution in [2.45, 2.75) is 31.6 Å². The second kappa shape index (κ2) is 5.37. The van der Waals surface area contributed by atoms with Crippen LogP contribution in [0.2, 0.25) is 0 Å². The third kappa shape index (κ3) is 2.12. The van der Waals surface area contributed by atoms with E-state index in [0.29, 0.717) is 16.7 Å². The van der Waals surface area contributed by atoms with Crippen molar-refractivity contribution in [1.29, 1.82) is 0 Å². The highest BCUT2D eigenvalue weighted by molar-refractivity contribution is 5.97. The lowest BCUT2D eigenvalue weighted by Crippen LogP contribution is -2.30. The number of hydrogen-bond acceptors (Lipinski definition) is 4. The standard InChI is InChI=1S/C19H18O4/c1-22-18(20)14-10-15-17(12-7-3-2-6-11(12)14)13-8-4-5-9-16(13)23-19(15)21/h4-5,8-12H,2-3,6-7H2,1H3/t11-,12+/m1/s1. The van der Waals surface area contributed by atoms with Crippen LogP contribution in [0.1, 0.15) is 42.7 Å². The normalized spacial score (nSPS) is 22.9. The molecule has 1 fully saturated rings. The number of carbonyl (C=O) groups excluding carboxylic acids is 1. The molecule has 0 amide bonds. The number of hydrogen-bond donors (Lipinski definition) is 0. The monoisotopic (exact) mass is 310 g/mol. The Morgan fingerprint density at radius 3 is 2.70 bits per heavy atom. The molecule has 4 heteroatoms. The van der Waals surface area contributed by atoms with Gasteiger partial charge in [0.1, 0.15) is 5.58 Å². The van der Waals surface area contributed by atoms with E-state index in [1.165, 1.54) is 7.11 Å². The van der Waals surface area contributed by atoms with Crippen molar-refractivity contribution in [3.63, 3.8) is 0 Å². The zero-order valence-electron chi connectivity index (χ0n) is 13.0. The molecule has 0 bridgehead atoms. The van der Waals surface area contributed by atoms with Crippen LogP contribution >= 0.6 is 0 Å². The van der Waals surface area contributed by atoms with Crippen LogP contribution in [-0.4, -0.2) is 13.1 Å². The first-order chi connectivity index (χ1) is 11.2. The molecule has 0 saturated heterocycles. The number of methoxy groups -OCH3 is 1. The quantitative estimate of drug-likeness (QED) is 0.596. The number of carbonyl (C=O) groups is 1. The summed E-state index contributed by atoms with van der Waals surface area (Å²) in [6.07, 6.45) is 5.86. The molecule has 0 radical (unpaired) electrons. The Balaban J connectivity index is 2.04. The maximum atomic E-state index is 12.4. The first-order valence-corrected chi connectivity index (χ1v) is 8.06. The number of benzene rings is 1. The van der Waals surface area contributed by atoms with Crippen LogP contribution in [0.25, 0.3) is 17.0 Å². The average Bonchev–Trinajstić information content (AvgIpc) is 2.60. The molecule has 0 spiro atoms. The fourth-order valence-corrected chi connectivity index (χ4v) is 4.16. The van der Waals surface area contributed by atoms with Crippen molar-refractivity contribution in [2.24, 2.45) is 5.92 Å². The van der Waals surface area contributed by atoms with Gasteiger partial charge in [-0.05, 0) is 42.4 Å². The molecule has 1 heterocycles. The molecule has 2 aliphatic rings. The fourth-order valence-electron chi connectivity index (χ4n) is 4.16. The van der Waals surface area contributed by atoms with E-state index in [2.05, 4.69) is 0 Å². The molecule has 0 N–H and O–H groups in total. The van der Waals surface area contributed by atoms with Crippen LogP contribution in [0.4, 0.5) is 0 Å². The molecule has 2 aliphatic carbocycles. The van der Waals surface area contributed by atoms with Crippen LogP contribution in [0.15, 0.2) is 39.1 Å². The maximum absolute atomic E-state index is 12.4. The Hall–Kier alpha value is -2.36. The highest BCUT2D eigenvalue weighted by Crippen LogP contribution is 2.48. The molecule has 23 heavy (non-hydrogen) atoms. The van der Waals surface area contributed by atoms with E-state index >= 15 is 0 Å². The number of esters is 1. The Labute approximate surface area is 133 Å². The first-order valence-electron chi connectivity index (χ1n) is 8.06. The molecule has 0 aliphatic heterocycles. The summed E-state index contributed by atoms with van der Waals surface area (Å²) in [5.41, 5.74) is 2.44. The Kier molecular flexibility index (Phi) is 3.33. The Bertz CT molecular complexity index is 875.